The van der Waals surface area contributed by atoms with Crippen LogP contribution in [0.5, 0.6) is 17.2 Å². The summed E-state index contributed by atoms with van der Waals surface area (Å²) in [5.74, 6) is 1.34. The highest BCUT2D eigenvalue weighted by Crippen LogP contribution is 2.33. The Morgan fingerprint density at radius 2 is 1.82 bits per heavy atom. The predicted octanol–water partition coefficient (Wildman–Crippen LogP) is 3.99. The van der Waals surface area contributed by atoms with Crippen molar-refractivity contribution in [2.45, 2.75) is 46.8 Å². The summed E-state index contributed by atoms with van der Waals surface area (Å²) < 4.78 is 24.5. The molecule has 9 heteroatoms. The highest BCUT2D eigenvalue weighted by molar-refractivity contribution is 7.07. The fourth-order valence-electron chi connectivity index (χ4n) is 4.34. The van der Waals surface area contributed by atoms with Crippen molar-refractivity contribution in [2.75, 3.05) is 20.3 Å². The van der Waals surface area contributed by atoms with E-state index in [1.807, 2.05) is 56.3 Å². The zero-order valence-corrected chi connectivity index (χ0v) is 23.3. The minimum absolute atomic E-state index is 0.264. The average Bonchev–Trinajstić information content (AvgIpc) is 3.18. The Morgan fingerprint density at radius 3 is 2.45 bits per heavy atom. The van der Waals surface area contributed by atoms with Gasteiger partial charge in [-0.3, -0.25) is 9.36 Å². The first-order chi connectivity index (χ1) is 18.3. The molecule has 0 bridgehead atoms. The van der Waals surface area contributed by atoms with Crippen LogP contribution < -0.4 is 29.1 Å². The third-order valence-electron chi connectivity index (χ3n) is 5.90. The Bertz CT molecular complexity index is 1530. The number of nitrogens with zero attached hydrogens (tertiary/aromatic N) is 2. The lowest BCUT2D eigenvalue weighted by Gasteiger charge is -2.25. The molecule has 200 valence electrons. The Hall–Kier alpha value is -3.85. The van der Waals surface area contributed by atoms with Crippen LogP contribution in [0.4, 0.5) is 0 Å². The number of thiazole rings is 1. The summed E-state index contributed by atoms with van der Waals surface area (Å²) in [6.07, 6.45) is 1.45. The minimum Gasteiger partial charge on any atom is -0.494 e. The van der Waals surface area contributed by atoms with Crippen molar-refractivity contribution in [3.8, 4) is 17.2 Å². The van der Waals surface area contributed by atoms with Crippen molar-refractivity contribution in [1.82, 2.24) is 4.57 Å². The summed E-state index contributed by atoms with van der Waals surface area (Å²) in [6, 6.07) is 12.2. The number of benzene rings is 2. The molecule has 0 N–H and O–H groups in total. The van der Waals surface area contributed by atoms with Crippen LogP contribution in [0.1, 0.15) is 51.8 Å². The number of esters is 1. The molecule has 1 aliphatic rings. The van der Waals surface area contributed by atoms with Gasteiger partial charge < -0.3 is 18.9 Å². The minimum atomic E-state index is -0.702. The maximum Gasteiger partial charge on any atom is 0.338 e. The van der Waals surface area contributed by atoms with Crippen molar-refractivity contribution in [1.29, 1.82) is 0 Å². The number of ether oxygens (including phenoxy) is 4. The van der Waals surface area contributed by atoms with Gasteiger partial charge in [0, 0.05) is 5.56 Å². The van der Waals surface area contributed by atoms with E-state index in [0.717, 1.165) is 5.56 Å². The largest absolute Gasteiger partial charge is 0.494 e. The molecule has 2 heterocycles. The number of hydrogen-bond donors (Lipinski definition) is 0. The monoisotopic (exact) mass is 536 g/mol. The summed E-state index contributed by atoms with van der Waals surface area (Å²) in [5, 5.41) is 0. The lowest BCUT2D eigenvalue weighted by molar-refractivity contribution is -0.143. The fraction of sp³-hybridized carbons (Fsp3) is 0.345. The SMILES string of the molecule is CCOc1ccc([C@@H]2C(C(=O)OC(C)C)=C(C)N=c3s/c(=C/c4cccc(OC)c4OCC)c(=O)n32)cc1. The second-order valence-electron chi connectivity index (χ2n) is 8.85. The Labute approximate surface area is 225 Å². The molecule has 2 aromatic carbocycles. The van der Waals surface area contributed by atoms with Gasteiger partial charge in [-0.15, -0.1) is 0 Å². The molecule has 1 atom stereocenters. The number of hydrogen-bond acceptors (Lipinski definition) is 8. The maximum atomic E-state index is 13.9. The number of methoxy groups -OCH3 is 1. The van der Waals surface area contributed by atoms with E-state index in [1.165, 1.54) is 11.3 Å². The molecule has 8 nitrogen and oxygen atoms in total. The number of aromatic nitrogens is 1. The number of fused-ring (bicyclic) bond motifs is 1. The first-order valence-electron chi connectivity index (χ1n) is 12.5. The summed E-state index contributed by atoms with van der Waals surface area (Å²) in [5.41, 5.74) is 2.05. The van der Waals surface area contributed by atoms with Crippen molar-refractivity contribution < 1.29 is 23.7 Å². The molecule has 1 aromatic heterocycles. The molecule has 0 unspecified atom stereocenters. The van der Waals surface area contributed by atoms with Crippen LogP contribution in [-0.4, -0.2) is 37.0 Å². The molecule has 0 amide bonds. The Kier molecular flexibility index (Phi) is 8.36. The van der Waals surface area contributed by atoms with E-state index in [4.69, 9.17) is 18.9 Å². The van der Waals surface area contributed by atoms with E-state index in [1.54, 1.807) is 38.5 Å². The lowest BCUT2D eigenvalue weighted by atomic mass is 9.96. The van der Waals surface area contributed by atoms with Crippen molar-refractivity contribution in [2.24, 2.45) is 4.99 Å². The van der Waals surface area contributed by atoms with Crippen molar-refractivity contribution in [3.05, 3.63) is 84.5 Å². The van der Waals surface area contributed by atoms with Crippen LogP contribution in [0.25, 0.3) is 6.08 Å². The number of carbonyl (C=O) groups excluding carboxylic acids is 1. The molecular formula is C29H32N2O6S. The Morgan fingerprint density at radius 1 is 1.11 bits per heavy atom. The molecule has 38 heavy (non-hydrogen) atoms. The first kappa shape index (κ1) is 27.2. The van der Waals surface area contributed by atoms with Gasteiger partial charge in [-0.25, -0.2) is 9.79 Å². The van der Waals surface area contributed by atoms with Gasteiger partial charge in [0.15, 0.2) is 16.3 Å². The van der Waals surface area contributed by atoms with Gasteiger partial charge in [-0.05, 0) is 64.5 Å². The Balaban J connectivity index is 1.93. The van der Waals surface area contributed by atoms with Crippen molar-refractivity contribution in [3.63, 3.8) is 0 Å². The van der Waals surface area contributed by atoms with Crippen molar-refractivity contribution >= 4 is 23.4 Å². The van der Waals surface area contributed by atoms with Crippen LogP contribution in [0.2, 0.25) is 0 Å². The highest BCUT2D eigenvalue weighted by Gasteiger charge is 2.33. The van der Waals surface area contributed by atoms with E-state index in [0.29, 0.717) is 56.6 Å². The molecule has 0 saturated heterocycles. The second kappa shape index (κ2) is 11.7. The van der Waals surface area contributed by atoms with E-state index in [-0.39, 0.29) is 11.7 Å². The average molecular weight is 537 g/mol. The van der Waals surface area contributed by atoms with Gasteiger partial charge in [-0.1, -0.05) is 35.6 Å². The molecular weight excluding hydrogens is 504 g/mol. The summed E-state index contributed by atoms with van der Waals surface area (Å²) in [6.45, 7) is 10.1. The standard InChI is InChI=1S/C29H32N2O6S/c1-7-35-21-14-12-19(13-15-21)25-24(28(33)37-17(3)4)18(5)30-29-31(25)27(32)23(38-29)16-20-10-9-11-22(34-6)26(20)36-8-2/h9-17,25H,7-8H2,1-6H3/b23-16+/t25-/m1/s1. The normalized spacial score (nSPS) is 15.2. The predicted molar refractivity (Wildman–Crippen MR) is 147 cm³/mol. The maximum absolute atomic E-state index is 13.9. The van der Waals surface area contributed by atoms with Crippen LogP contribution >= 0.6 is 11.3 Å². The first-order valence-corrected chi connectivity index (χ1v) is 13.4. The zero-order chi connectivity index (χ0) is 27.4. The van der Waals surface area contributed by atoms with Gasteiger partial charge in [0.05, 0.1) is 48.3 Å². The number of rotatable bonds is 9. The molecule has 0 spiro atoms. The van der Waals surface area contributed by atoms with Crippen LogP contribution in [-0.2, 0) is 9.53 Å². The third kappa shape index (κ3) is 5.38. The molecule has 0 radical (unpaired) electrons. The third-order valence-corrected chi connectivity index (χ3v) is 6.88. The number of para-hydroxylation sites is 1. The number of allylic oxidation sites excluding steroid dienone is 1. The van der Waals surface area contributed by atoms with E-state index < -0.39 is 12.0 Å². The van der Waals surface area contributed by atoms with Crippen LogP contribution in [0.3, 0.4) is 0 Å². The molecule has 4 rings (SSSR count). The van der Waals surface area contributed by atoms with Gasteiger partial charge in [0.2, 0.25) is 0 Å². The zero-order valence-electron chi connectivity index (χ0n) is 22.4. The number of carbonyl (C=O) groups is 1. The summed E-state index contributed by atoms with van der Waals surface area (Å²) in [7, 11) is 1.58. The lowest BCUT2D eigenvalue weighted by Crippen LogP contribution is -2.40. The van der Waals surface area contributed by atoms with E-state index in [9.17, 15) is 9.59 Å². The molecule has 0 saturated carbocycles. The highest BCUT2D eigenvalue weighted by atomic mass is 32.1. The molecule has 1 aliphatic heterocycles. The summed E-state index contributed by atoms with van der Waals surface area (Å²) in [4.78, 5) is 32.3. The van der Waals surface area contributed by atoms with Crippen LogP contribution in [0, 0.1) is 0 Å². The van der Waals surface area contributed by atoms with Gasteiger partial charge in [-0.2, -0.15) is 0 Å². The topological polar surface area (TPSA) is 88.4 Å². The molecule has 3 aromatic rings. The van der Waals surface area contributed by atoms with E-state index >= 15 is 0 Å². The molecule has 0 aliphatic carbocycles. The fourth-order valence-corrected chi connectivity index (χ4v) is 5.37. The van der Waals surface area contributed by atoms with Gasteiger partial charge in [0.25, 0.3) is 5.56 Å². The van der Waals surface area contributed by atoms with E-state index in [2.05, 4.69) is 4.99 Å². The smallest absolute Gasteiger partial charge is 0.338 e. The second-order valence-corrected chi connectivity index (χ2v) is 9.86. The van der Waals surface area contributed by atoms with Gasteiger partial charge >= 0.3 is 5.97 Å². The molecule has 0 fully saturated rings. The summed E-state index contributed by atoms with van der Waals surface area (Å²) >= 11 is 1.26. The van der Waals surface area contributed by atoms with Crippen LogP contribution in [0.15, 0.2) is 63.5 Å². The quantitative estimate of drug-likeness (QED) is 0.384. The van der Waals surface area contributed by atoms with Gasteiger partial charge in [0.1, 0.15) is 5.75 Å².